The van der Waals surface area contributed by atoms with Crippen LogP contribution in [0, 0.1) is 0 Å². The second-order valence-corrected chi connectivity index (χ2v) is 8.08. The molecule has 5 nitrogen and oxygen atoms in total. The van der Waals surface area contributed by atoms with Crippen molar-refractivity contribution in [3.63, 3.8) is 0 Å². The molecule has 27 heavy (non-hydrogen) atoms. The molecule has 3 aromatic rings. The van der Waals surface area contributed by atoms with Crippen LogP contribution in [0.4, 0.5) is 5.82 Å². The Morgan fingerprint density at radius 2 is 1.93 bits per heavy atom. The van der Waals surface area contributed by atoms with Crippen molar-refractivity contribution in [3.8, 4) is 16.2 Å². The average Bonchev–Trinajstić information content (AvgIpc) is 3.19. The van der Waals surface area contributed by atoms with Crippen molar-refractivity contribution in [3.05, 3.63) is 59.4 Å². The van der Waals surface area contributed by atoms with Gasteiger partial charge in [0.1, 0.15) is 6.61 Å². The third-order valence-corrected chi connectivity index (χ3v) is 6.20. The number of piperidine rings is 1. The van der Waals surface area contributed by atoms with Gasteiger partial charge in [0, 0.05) is 23.9 Å². The fourth-order valence-electron chi connectivity index (χ4n) is 3.31. The third kappa shape index (κ3) is 4.28. The van der Waals surface area contributed by atoms with E-state index in [1.165, 1.54) is 17.8 Å². The van der Waals surface area contributed by atoms with Gasteiger partial charge in [-0.05, 0) is 44.6 Å². The van der Waals surface area contributed by atoms with E-state index in [0.717, 1.165) is 29.1 Å². The summed E-state index contributed by atoms with van der Waals surface area (Å²) in [6.07, 6.45) is 6.10. The van der Waals surface area contributed by atoms with Gasteiger partial charge in [-0.3, -0.25) is 0 Å². The van der Waals surface area contributed by atoms with E-state index in [4.69, 9.17) is 10.5 Å². The maximum Gasteiger partial charge on any atom is 0.166 e. The summed E-state index contributed by atoms with van der Waals surface area (Å²) in [6, 6.07) is 12.0. The molecule has 3 heterocycles. The van der Waals surface area contributed by atoms with E-state index in [9.17, 15) is 0 Å². The minimum Gasteiger partial charge on any atom is -0.485 e. The molecule has 1 aliphatic rings. The molecule has 0 spiro atoms. The molecule has 140 valence electrons. The van der Waals surface area contributed by atoms with E-state index in [1.807, 2.05) is 42.6 Å². The Morgan fingerprint density at radius 1 is 1.15 bits per heavy atom. The molecular weight excluding hydrogens is 356 g/mol. The van der Waals surface area contributed by atoms with Gasteiger partial charge in [-0.1, -0.05) is 30.3 Å². The normalized spacial score (nSPS) is 15.7. The van der Waals surface area contributed by atoms with E-state index in [2.05, 4.69) is 21.9 Å². The molecule has 0 saturated carbocycles. The van der Waals surface area contributed by atoms with Crippen molar-refractivity contribution in [2.45, 2.75) is 25.4 Å². The van der Waals surface area contributed by atoms with Crippen molar-refractivity contribution in [1.82, 2.24) is 14.9 Å². The van der Waals surface area contributed by atoms with Crippen LogP contribution in [-0.4, -0.2) is 35.0 Å². The van der Waals surface area contributed by atoms with E-state index in [0.29, 0.717) is 24.1 Å². The van der Waals surface area contributed by atoms with Crippen molar-refractivity contribution in [2.75, 3.05) is 25.9 Å². The van der Waals surface area contributed by atoms with Crippen LogP contribution in [0.5, 0.6) is 5.75 Å². The minimum atomic E-state index is 0.412. The summed E-state index contributed by atoms with van der Waals surface area (Å²) >= 11 is 1.76. The van der Waals surface area contributed by atoms with Crippen LogP contribution in [0.1, 0.15) is 29.3 Å². The predicted molar refractivity (Wildman–Crippen MR) is 110 cm³/mol. The van der Waals surface area contributed by atoms with Gasteiger partial charge in [0.05, 0.1) is 9.88 Å². The Bertz CT molecular complexity index is 888. The zero-order chi connectivity index (χ0) is 18.6. The minimum absolute atomic E-state index is 0.412. The quantitative estimate of drug-likeness (QED) is 0.719. The molecule has 2 aromatic heterocycles. The molecule has 0 amide bonds. The molecule has 1 saturated heterocycles. The van der Waals surface area contributed by atoms with Gasteiger partial charge >= 0.3 is 0 Å². The Kier molecular flexibility index (Phi) is 5.36. The molecule has 0 unspecified atom stereocenters. The molecule has 6 heteroatoms. The number of rotatable bonds is 5. The van der Waals surface area contributed by atoms with E-state index < -0.39 is 0 Å². The number of nitrogens with two attached hydrogens (primary N) is 1. The summed E-state index contributed by atoms with van der Waals surface area (Å²) in [5.74, 6) is 1.59. The lowest BCUT2D eigenvalue weighted by Crippen LogP contribution is -2.29. The Morgan fingerprint density at radius 3 is 2.70 bits per heavy atom. The topological polar surface area (TPSA) is 64.3 Å². The van der Waals surface area contributed by atoms with Crippen molar-refractivity contribution in [2.24, 2.45) is 0 Å². The Balaban J connectivity index is 1.49. The molecule has 0 bridgehead atoms. The molecule has 1 aliphatic heterocycles. The highest BCUT2D eigenvalue weighted by Crippen LogP contribution is 2.36. The smallest absolute Gasteiger partial charge is 0.166 e. The van der Waals surface area contributed by atoms with Gasteiger partial charge in [0.2, 0.25) is 0 Å². The van der Waals surface area contributed by atoms with Gasteiger partial charge < -0.3 is 15.4 Å². The molecule has 0 atom stereocenters. The maximum absolute atomic E-state index is 6.01. The van der Waals surface area contributed by atoms with Gasteiger partial charge in [-0.15, -0.1) is 11.3 Å². The monoisotopic (exact) mass is 380 g/mol. The fraction of sp³-hybridized carbons (Fsp3) is 0.333. The second kappa shape index (κ2) is 8.06. The lowest BCUT2D eigenvalue weighted by atomic mass is 9.98. The maximum atomic E-state index is 6.01. The van der Waals surface area contributed by atoms with Crippen LogP contribution in [0.3, 0.4) is 0 Å². The fourth-order valence-corrected chi connectivity index (χ4v) is 4.37. The highest BCUT2D eigenvalue weighted by molar-refractivity contribution is 7.15. The Hall–Kier alpha value is -2.44. The van der Waals surface area contributed by atoms with Crippen LogP contribution < -0.4 is 10.5 Å². The van der Waals surface area contributed by atoms with Gasteiger partial charge in [0.25, 0.3) is 0 Å². The standard InChI is InChI=1S/C21H24N4OS/c1-25-9-7-16(8-10-25)21-24-13-19(27-21)17-11-18(20(22)23-12-17)26-14-15-5-3-2-4-6-15/h2-6,11-13,16H,7-10,14H2,1H3,(H2,22,23). The van der Waals surface area contributed by atoms with Gasteiger partial charge in [-0.25, -0.2) is 9.97 Å². The number of anilines is 1. The highest BCUT2D eigenvalue weighted by Gasteiger charge is 2.21. The summed E-state index contributed by atoms with van der Waals surface area (Å²) in [4.78, 5) is 12.5. The van der Waals surface area contributed by atoms with E-state index in [-0.39, 0.29) is 0 Å². The molecule has 0 radical (unpaired) electrons. The number of likely N-dealkylation sites (tertiary alicyclic amines) is 1. The van der Waals surface area contributed by atoms with Gasteiger partial charge in [0.15, 0.2) is 11.6 Å². The first-order chi connectivity index (χ1) is 13.2. The molecular formula is C21H24N4OS. The first-order valence-corrected chi connectivity index (χ1v) is 10.1. The number of hydrogen-bond acceptors (Lipinski definition) is 6. The summed E-state index contributed by atoms with van der Waals surface area (Å²) in [5, 5.41) is 1.22. The van der Waals surface area contributed by atoms with Crippen molar-refractivity contribution in [1.29, 1.82) is 0 Å². The summed E-state index contributed by atoms with van der Waals surface area (Å²) in [7, 11) is 2.18. The van der Waals surface area contributed by atoms with Crippen LogP contribution in [0.2, 0.25) is 0 Å². The first-order valence-electron chi connectivity index (χ1n) is 9.26. The first kappa shape index (κ1) is 17.9. The SMILES string of the molecule is CN1CCC(c2ncc(-c3cnc(N)c(OCc4ccccc4)c3)s2)CC1. The molecule has 2 N–H and O–H groups in total. The number of benzene rings is 1. The molecule has 4 rings (SSSR count). The van der Waals surface area contributed by atoms with Crippen LogP contribution in [0.25, 0.3) is 10.4 Å². The number of ether oxygens (including phenoxy) is 1. The van der Waals surface area contributed by atoms with Crippen molar-refractivity contribution >= 4 is 17.2 Å². The van der Waals surface area contributed by atoms with Crippen molar-refractivity contribution < 1.29 is 4.74 Å². The molecule has 1 aromatic carbocycles. The summed E-state index contributed by atoms with van der Waals surface area (Å²) < 4.78 is 5.91. The second-order valence-electron chi connectivity index (χ2n) is 7.02. The lowest BCUT2D eigenvalue weighted by molar-refractivity contribution is 0.255. The number of nitrogen functional groups attached to an aromatic ring is 1. The lowest BCUT2D eigenvalue weighted by Gasteiger charge is -2.27. The summed E-state index contributed by atoms with van der Waals surface area (Å²) in [6.45, 7) is 2.75. The molecule has 0 aliphatic carbocycles. The zero-order valence-electron chi connectivity index (χ0n) is 15.5. The van der Waals surface area contributed by atoms with Crippen LogP contribution in [0.15, 0.2) is 48.8 Å². The number of hydrogen-bond donors (Lipinski definition) is 1. The number of aromatic nitrogens is 2. The third-order valence-electron chi connectivity index (χ3n) is 4.99. The highest BCUT2D eigenvalue weighted by atomic mass is 32.1. The van der Waals surface area contributed by atoms with Crippen LogP contribution in [-0.2, 0) is 6.61 Å². The average molecular weight is 381 g/mol. The van der Waals surface area contributed by atoms with E-state index >= 15 is 0 Å². The number of nitrogens with zero attached hydrogens (tertiary/aromatic N) is 3. The largest absolute Gasteiger partial charge is 0.485 e. The van der Waals surface area contributed by atoms with Crippen LogP contribution >= 0.6 is 11.3 Å². The predicted octanol–water partition coefficient (Wildman–Crippen LogP) is 4.18. The van der Waals surface area contributed by atoms with E-state index in [1.54, 1.807) is 17.5 Å². The zero-order valence-corrected chi connectivity index (χ0v) is 16.3. The number of thiazole rings is 1. The summed E-state index contributed by atoms with van der Waals surface area (Å²) in [5.41, 5.74) is 8.12. The molecule has 1 fully saturated rings. The van der Waals surface area contributed by atoms with Gasteiger partial charge in [-0.2, -0.15) is 0 Å². The number of pyridine rings is 1. The Labute approximate surface area is 163 Å².